The molecule has 0 radical (unpaired) electrons. The first-order valence-electron chi connectivity index (χ1n) is 9.91. The van der Waals surface area contributed by atoms with E-state index < -0.39 is 12.5 Å². The summed E-state index contributed by atoms with van der Waals surface area (Å²) in [6.07, 6.45) is 4.99. The summed E-state index contributed by atoms with van der Waals surface area (Å²) in [5.74, 6) is -0.517. The fourth-order valence-electron chi connectivity index (χ4n) is 3.50. The van der Waals surface area contributed by atoms with Gasteiger partial charge in [0.2, 0.25) is 5.91 Å². The monoisotopic (exact) mass is 421 g/mol. The van der Waals surface area contributed by atoms with E-state index in [1.165, 1.54) is 30.7 Å². The van der Waals surface area contributed by atoms with E-state index in [4.69, 9.17) is 4.42 Å². The van der Waals surface area contributed by atoms with Gasteiger partial charge < -0.3 is 19.8 Å². The summed E-state index contributed by atoms with van der Waals surface area (Å²) in [6, 6.07) is 9.25. The number of carbonyl (C=O) groups excluding carboxylic acids is 2. The van der Waals surface area contributed by atoms with Gasteiger partial charge in [0.05, 0.1) is 24.4 Å². The second kappa shape index (κ2) is 10.7. The molecule has 1 aliphatic rings. The lowest BCUT2D eigenvalue weighted by Crippen LogP contribution is -2.43. The number of alkyl halides is 2. The highest BCUT2D eigenvalue weighted by Gasteiger charge is 2.25. The van der Waals surface area contributed by atoms with Crippen LogP contribution in [0.1, 0.15) is 41.4 Å². The molecule has 2 N–H and O–H groups in total. The third kappa shape index (κ3) is 6.03. The standard InChI is InChI=1S/C21H25F2N3O4/c22-21(23)30-17-8-3-2-7-15(17)20(28)25-14-19(27)24-13-16(18-9-6-12-29-18)26-10-4-1-5-11-26/h2-3,6-9,12,16,21H,1,4-5,10-11,13-14H2,(H,24,27)(H,25,28). The smallest absolute Gasteiger partial charge is 0.387 e. The number of amides is 2. The number of likely N-dealkylation sites (tertiary alicyclic amines) is 1. The Morgan fingerprint density at radius 3 is 2.53 bits per heavy atom. The summed E-state index contributed by atoms with van der Waals surface area (Å²) in [4.78, 5) is 26.8. The van der Waals surface area contributed by atoms with Crippen LogP contribution in [0.25, 0.3) is 0 Å². The normalized spacial score (nSPS) is 15.6. The van der Waals surface area contributed by atoms with Crippen LogP contribution in [0, 0.1) is 0 Å². The topological polar surface area (TPSA) is 83.8 Å². The van der Waals surface area contributed by atoms with Gasteiger partial charge in [-0.15, -0.1) is 0 Å². The molecule has 1 saturated heterocycles. The van der Waals surface area contributed by atoms with Crippen LogP contribution in [-0.2, 0) is 4.79 Å². The Hall–Kier alpha value is -2.94. The quantitative estimate of drug-likeness (QED) is 0.651. The van der Waals surface area contributed by atoms with Crippen molar-refractivity contribution in [3.05, 3.63) is 54.0 Å². The number of furan rings is 1. The molecule has 0 saturated carbocycles. The Bertz CT molecular complexity index is 823. The van der Waals surface area contributed by atoms with Gasteiger partial charge in [-0.1, -0.05) is 18.6 Å². The molecule has 1 aromatic heterocycles. The van der Waals surface area contributed by atoms with Crippen molar-refractivity contribution < 1.29 is 27.5 Å². The van der Waals surface area contributed by atoms with E-state index in [0.717, 1.165) is 31.7 Å². The Balaban J connectivity index is 1.53. The van der Waals surface area contributed by atoms with E-state index in [1.807, 2.05) is 12.1 Å². The van der Waals surface area contributed by atoms with E-state index in [2.05, 4.69) is 20.3 Å². The molecule has 9 heteroatoms. The van der Waals surface area contributed by atoms with Crippen LogP contribution < -0.4 is 15.4 Å². The van der Waals surface area contributed by atoms with E-state index in [9.17, 15) is 18.4 Å². The zero-order chi connectivity index (χ0) is 21.3. The molecule has 0 bridgehead atoms. The fourth-order valence-corrected chi connectivity index (χ4v) is 3.50. The van der Waals surface area contributed by atoms with E-state index in [0.29, 0.717) is 6.54 Å². The zero-order valence-corrected chi connectivity index (χ0v) is 16.5. The number of para-hydroxylation sites is 1. The Morgan fingerprint density at radius 1 is 1.07 bits per heavy atom. The van der Waals surface area contributed by atoms with Crippen molar-refractivity contribution in [1.82, 2.24) is 15.5 Å². The molecule has 7 nitrogen and oxygen atoms in total. The SMILES string of the molecule is O=C(CNC(=O)c1ccccc1OC(F)F)NCC(c1ccco1)N1CCCCC1. The van der Waals surface area contributed by atoms with Gasteiger partial charge in [0.1, 0.15) is 11.5 Å². The van der Waals surface area contributed by atoms with E-state index >= 15 is 0 Å². The molecule has 1 unspecified atom stereocenters. The van der Waals surface area contributed by atoms with Crippen LogP contribution in [-0.4, -0.2) is 49.5 Å². The zero-order valence-electron chi connectivity index (χ0n) is 16.5. The predicted molar refractivity (Wildman–Crippen MR) is 105 cm³/mol. The first-order chi connectivity index (χ1) is 14.5. The molecule has 1 aliphatic heterocycles. The summed E-state index contributed by atoms with van der Waals surface area (Å²) in [7, 11) is 0. The third-order valence-corrected chi connectivity index (χ3v) is 4.95. The maximum atomic E-state index is 12.5. The van der Waals surface area contributed by atoms with E-state index in [-0.39, 0.29) is 29.8 Å². The number of hydrogen-bond acceptors (Lipinski definition) is 5. The van der Waals surface area contributed by atoms with Gasteiger partial charge in [0.25, 0.3) is 5.91 Å². The summed E-state index contributed by atoms with van der Waals surface area (Å²) >= 11 is 0. The Kier molecular flexibility index (Phi) is 7.78. The van der Waals surface area contributed by atoms with Crippen LogP contribution in [0.2, 0.25) is 0 Å². The van der Waals surface area contributed by atoms with Crippen LogP contribution in [0.5, 0.6) is 5.75 Å². The van der Waals surface area contributed by atoms with Gasteiger partial charge in [-0.3, -0.25) is 14.5 Å². The molecule has 2 amide bonds. The average Bonchev–Trinajstić information content (AvgIpc) is 3.27. The number of rotatable bonds is 9. The number of ether oxygens (including phenoxy) is 1. The maximum absolute atomic E-state index is 12.5. The van der Waals surface area contributed by atoms with Crippen molar-refractivity contribution in [2.75, 3.05) is 26.2 Å². The predicted octanol–water partition coefficient (Wildman–Crippen LogP) is 2.95. The molecule has 2 aromatic rings. The number of hydrogen-bond donors (Lipinski definition) is 2. The Morgan fingerprint density at radius 2 is 1.83 bits per heavy atom. The molecule has 162 valence electrons. The van der Waals surface area contributed by atoms with Gasteiger partial charge in [-0.05, 0) is 50.2 Å². The molecular weight excluding hydrogens is 396 g/mol. The molecule has 3 rings (SSSR count). The van der Waals surface area contributed by atoms with Gasteiger partial charge in [-0.2, -0.15) is 8.78 Å². The highest BCUT2D eigenvalue weighted by atomic mass is 19.3. The minimum Gasteiger partial charge on any atom is -0.468 e. The van der Waals surface area contributed by atoms with Gasteiger partial charge >= 0.3 is 6.61 Å². The molecule has 2 heterocycles. The van der Waals surface area contributed by atoms with Crippen LogP contribution in [0.15, 0.2) is 47.1 Å². The van der Waals surface area contributed by atoms with Gasteiger partial charge in [0, 0.05) is 6.54 Å². The summed E-state index contributed by atoms with van der Waals surface area (Å²) in [5, 5.41) is 5.25. The Labute approximate surface area is 173 Å². The minimum absolute atomic E-state index is 0.0626. The second-order valence-corrected chi connectivity index (χ2v) is 6.99. The van der Waals surface area contributed by atoms with Crippen molar-refractivity contribution in [3.8, 4) is 5.75 Å². The molecule has 30 heavy (non-hydrogen) atoms. The first-order valence-corrected chi connectivity index (χ1v) is 9.91. The van der Waals surface area contributed by atoms with E-state index in [1.54, 1.807) is 6.26 Å². The highest BCUT2D eigenvalue weighted by Crippen LogP contribution is 2.24. The lowest BCUT2D eigenvalue weighted by Gasteiger charge is -2.33. The molecule has 0 aliphatic carbocycles. The minimum atomic E-state index is -3.05. The summed E-state index contributed by atoms with van der Waals surface area (Å²) < 4.78 is 34.9. The largest absolute Gasteiger partial charge is 0.468 e. The molecule has 1 atom stereocenters. The summed E-state index contributed by atoms with van der Waals surface area (Å²) in [6.45, 7) is -1.13. The fraction of sp³-hybridized carbons (Fsp3) is 0.429. The molecule has 0 spiro atoms. The number of nitrogens with zero attached hydrogens (tertiary/aromatic N) is 1. The average molecular weight is 421 g/mol. The molecule has 1 aromatic carbocycles. The van der Waals surface area contributed by atoms with Crippen LogP contribution >= 0.6 is 0 Å². The lowest BCUT2D eigenvalue weighted by molar-refractivity contribution is -0.120. The van der Waals surface area contributed by atoms with Gasteiger partial charge in [0.15, 0.2) is 0 Å². The van der Waals surface area contributed by atoms with Crippen molar-refractivity contribution in [2.45, 2.75) is 31.9 Å². The van der Waals surface area contributed by atoms with Crippen LogP contribution in [0.3, 0.4) is 0 Å². The second-order valence-electron chi connectivity index (χ2n) is 6.99. The maximum Gasteiger partial charge on any atom is 0.387 e. The molecular formula is C21H25F2N3O4. The lowest BCUT2D eigenvalue weighted by atomic mass is 10.1. The van der Waals surface area contributed by atoms with Crippen molar-refractivity contribution in [3.63, 3.8) is 0 Å². The third-order valence-electron chi connectivity index (χ3n) is 4.95. The molecule has 1 fully saturated rings. The number of halogens is 2. The number of piperidine rings is 1. The van der Waals surface area contributed by atoms with Gasteiger partial charge in [-0.25, -0.2) is 0 Å². The number of benzene rings is 1. The first kappa shape index (κ1) is 21.8. The summed E-state index contributed by atoms with van der Waals surface area (Å²) in [5.41, 5.74) is -0.0626. The number of carbonyl (C=O) groups is 2. The van der Waals surface area contributed by atoms with Crippen molar-refractivity contribution in [1.29, 1.82) is 0 Å². The highest BCUT2D eigenvalue weighted by molar-refractivity contribution is 5.98. The van der Waals surface area contributed by atoms with Crippen molar-refractivity contribution in [2.24, 2.45) is 0 Å². The van der Waals surface area contributed by atoms with Crippen molar-refractivity contribution >= 4 is 11.8 Å². The number of nitrogens with one attached hydrogen (secondary N) is 2. The van der Waals surface area contributed by atoms with Crippen LogP contribution in [0.4, 0.5) is 8.78 Å².